The van der Waals surface area contributed by atoms with E-state index in [1.165, 1.54) is 0 Å². The first-order chi connectivity index (χ1) is 5.74. The molecule has 0 saturated heterocycles. The molecule has 2 nitrogen and oxygen atoms in total. The van der Waals surface area contributed by atoms with Crippen LogP contribution in [0.3, 0.4) is 0 Å². The normalized spacial score (nSPS) is 9.42. The van der Waals surface area contributed by atoms with Crippen molar-refractivity contribution < 1.29 is 9.59 Å². The van der Waals surface area contributed by atoms with Crippen LogP contribution in [0.2, 0.25) is 0 Å². The van der Waals surface area contributed by atoms with Gasteiger partial charge in [0.25, 0.3) is 0 Å². The van der Waals surface area contributed by atoms with Crippen LogP contribution in [-0.4, -0.2) is 10.1 Å². The molecule has 0 spiro atoms. The van der Waals surface area contributed by atoms with Gasteiger partial charge < -0.3 is 0 Å². The van der Waals surface area contributed by atoms with Gasteiger partial charge in [0.1, 0.15) is 6.29 Å². The Labute approximate surface area is 84.1 Å². The minimum Gasteiger partial charge on any atom is -0.298 e. The Hall–Kier alpha value is -0.710. The lowest BCUT2D eigenvalue weighted by atomic mass is 10.1. The average Bonchev–Trinajstić information content (AvgIpc) is 2.04. The fourth-order valence-electron chi connectivity index (χ4n) is 0.960. The average molecular weight is 274 g/mol. The lowest BCUT2D eigenvalue weighted by molar-refractivity contribution is -0.108. The van der Waals surface area contributed by atoms with Crippen LogP contribution in [0, 0.1) is 0 Å². The van der Waals surface area contributed by atoms with E-state index in [4.69, 9.17) is 0 Å². The molecule has 0 heterocycles. The number of carbonyl (C=O) groups is 2. The summed E-state index contributed by atoms with van der Waals surface area (Å²) in [5.74, 6) is 0. The second-order valence-electron chi connectivity index (χ2n) is 2.35. The lowest BCUT2D eigenvalue weighted by Gasteiger charge is -1.99. The standard InChI is InChI=1S/C9H7IO2/c10-9(12)5-7-3-1-2-4-8(7)6-11/h1-4,6H,5H2. The lowest BCUT2D eigenvalue weighted by Crippen LogP contribution is -1.97. The van der Waals surface area contributed by atoms with E-state index in [0.717, 1.165) is 11.8 Å². The van der Waals surface area contributed by atoms with Crippen molar-refractivity contribution in [2.24, 2.45) is 0 Å². The van der Waals surface area contributed by atoms with Crippen molar-refractivity contribution in [3.8, 4) is 0 Å². The largest absolute Gasteiger partial charge is 0.298 e. The second-order valence-corrected chi connectivity index (χ2v) is 3.55. The predicted molar refractivity (Wildman–Crippen MR) is 54.6 cm³/mol. The fourth-order valence-corrected chi connectivity index (χ4v) is 1.37. The Balaban J connectivity index is 2.96. The number of aldehydes is 1. The molecule has 1 rings (SSSR count). The molecule has 0 aliphatic heterocycles. The van der Waals surface area contributed by atoms with Crippen LogP contribution in [0.4, 0.5) is 0 Å². The van der Waals surface area contributed by atoms with Gasteiger partial charge in [0.2, 0.25) is 0 Å². The van der Waals surface area contributed by atoms with Gasteiger partial charge in [-0.05, 0) is 28.2 Å². The molecule has 1 aromatic rings. The van der Waals surface area contributed by atoms with Crippen LogP contribution >= 0.6 is 22.6 Å². The molecule has 0 aliphatic rings. The van der Waals surface area contributed by atoms with Crippen molar-refractivity contribution in [1.29, 1.82) is 0 Å². The highest BCUT2D eigenvalue weighted by Crippen LogP contribution is 2.08. The number of rotatable bonds is 3. The van der Waals surface area contributed by atoms with Gasteiger partial charge in [0.05, 0.1) is 0 Å². The number of carbonyl (C=O) groups excluding carboxylic acids is 2. The van der Waals surface area contributed by atoms with Crippen LogP contribution in [-0.2, 0) is 11.2 Å². The van der Waals surface area contributed by atoms with Gasteiger partial charge in [-0.15, -0.1) is 0 Å². The molecule has 0 unspecified atom stereocenters. The number of benzene rings is 1. The number of hydrogen-bond donors (Lipinski definition) is 0. The summed E-state index contributed by atoms with van der Waals surface area (Å²) in [6.45, 7) is 0. The molecule has 0 aliphatic carbocycles. The minimum absolute atomic E-state index is 0.0434. The molecule has 0 saturated carbocycles. The highest BCUT2D eigenvalue weighted by Gasteiger charge is 2.03. The van der Waals surface area contributed by atoms with E-state index in [0.29, 0.717) is 12.0 Å². The van der Waals surface area contributed by atoms with Crippen LogP contribution in [0.15, 0.2) is 24.3 Å². The zero-order valence-corrected chi connectivity index (χ0v) is 8.45. The molecular formula is C9H7IO2. The van der Waals surface area contributed by atoms with Crippen molar-refractivity contribution in [3.05, 3.63) is 35.4 Å². The van der Waals surface area contributed by atoms with E-state index in [9.17, 15) is 9.59 Å². The highest BCUT2D eigenvalue weighted by atomic mass is 127. The van der Waals surface area contributed by atoms with Gasteiger partial charge in [0.15, 0.2) is 3.79 Å². The molecule has 0 fully saturated rings. The third kappa shape index (κ3) is 2.41. The van der Waals surface area contributed by atoms with E-state index in [-0.39, 0.29) is 3.79 Å². The van der Waals surface area contributed by atoms with E-state index >= 15 is 0 Å². The van der Waals surface area contributed by atoms with E-state index in [2.05, 4.69) is 0 Å². The van der Waals surface area contributed by atoms with Gasteiger partial charge in [0, 0.05) is 12.0 Å². The minimum atomic E-state index is 0.0434. The van der Waals surface area contributed by atoms with E-state index in [1.54, 1.807) is 40.8 Å². The fraction of sp³-hybridized carbons (Fsp3) is 0.111. The van der Waals surface area contributed by atoms with Crippen molar-refractivity contribution in [2.75, 3.05) is 0 Å². The second kappa shape index (κ2) is 4.35. The van der Waals surface area contributed by atoms with Gasteiger partial charge in [-0.1, -0.05) is 24.3 Å². The summed E-state index contributed by atoms with van der Waals surface area (Å²) >= 11 is 1.72. The number of halogens is 1. The molecule has 0 aromatic heterocycles. The molecule has 0 radical (unpaired) electrons. The number of hydrogen-bond acceptors (Lipinski definition) is 2. The van der Waals surface area contributed by atoms with Crippen molar-refractivity contribution in [1.82, 2.24) is 0 Å². The van der Waals surface area contributed by atoms with Gasteiger partial charge in [-0.3, -0.25) is 9.59 Å². The summed E-state index contributed by atoms with van der Waals surface area (Å²) < 4.78 is 0.0434. The van der Waals surface area contributed by atoms with Crippen LogP contribution < -0.4 is 0 Å². The molecule has 0 atom stereocenters. The topological polar surface area (TPSA) is 34.1 Å². The third-order valence-electron chi connectivity index (χ3n) is 1.51. The first-order valence-corrected chi connectivity index (χ1v) is 4.53. The molecule has 0 N–H and O–H groups in total. The summed E-state index contributed by atoms with van der Waals surface area (Å²) in [4.78, 5) is 21.2. The van der Waals surface area contributed by atoms with E-state index < -0.39 is 0 Å². The summed E-state index contributed by atoms with van der Waals surface area (Å²) in [6.07, 6.45) is 1.10. The highest BCUT2D eigenvalue weighted by molar-refractivity contribution is 14.1. The molecule has 3 heteroatoms. The maximum Gasteiger partial charge on any atom is 0.196 e. The van der Waals surface area contributed by atoms with E-state index in [1.807, 2.05) is 6.07 Å². The molecule has 1 aromatic carbocycles. The first-order valence-electron chi connectivity index (χ1n) is 3.45. The molecular weight excluding hydrogens is 267 g/mol. The summed E-state index contributed by atoms with van der Waals surface area (Å²) in [6, 6.07) is 7.11. The zero-order valence-electron chi connectivity index (χ0n) is 6.29. The maximum absolute atomic E-state index is 10.8. The third-order valence-corrected chi connectivity index (χ3v) is 1.89. The van der Waals surface area contributed by atoms with Crippen molar-refractivity contribution in [3.63, 3.8) is 0 Å². The van der Waals surface area contributed by atoms with Gasteiger partial charge in [-0.25, -0.2) is 0 Å². The first kappa shape index (κ1) is 9.38. The molecule has 0 bridgehead atoms. The Morgan fingerprint density at radius 3 is 2.67 bits per heavy atom. The molecule has 62 valence electrons. The van der Waals surface area contributed by atoms with Crippen LogP contribution in [0.1, 0.15) is 15.9 Å². The van der Waals surface area contributed by atoms with Crippen molar-refractivity contribution >= 4 is 32.7 Å². The van der Waals surface area contributed by atoms with Crippen LogP contribution in [0.25, 0.3) is 0 Å². The Morgan fingerprint density at radius 2 is 2.08 bits per heavy atom. The zero-order chi connectivity index (χ0) is 8.97. The van der Waals surface area contributed by atoms with Crippen molar-refractivity contribution in [2.45, 2.75) is 6.42 Å². The van der Waals surface area contributed by atoms with Gasteiger partial charge in [-0.2, -0.15) is 0 Å². The van der Waals surface area contributed by atoms with Gasteiger partial charge >= 0.3 is 0 Å². The Morgan fingerprint density at radius 1 is 1.42 bits per heavy atom. The summed E-state index contributed by atoms with van der Waals surface area (Å²) in [7, 11) is 0. The Kier molecular flexibility index (Phi) is 3.40. The van der Waals surface area contributed by atoms with Crippen LogP contribution in [0.5, 0.6) is 0 Å². The molecule has 0 amide bonds. The molecule has 12 heavy (non-hydrogen) atoms. The Bertz CT molecular complexity index is 307. The predicted octanol–water partition coefficient (Wildman–Crippen LogP) is 2.00. The monoisotopic (exact) mass is 274 g/mol. The smallest absolute Gasteiger partial charge is 0.196 e. The SMILES string of the molecule is O=Cc1ccccc1CC(=O)I. The maximum atomic E-state index is 10.8. The summed E-state index contributed by atoms with van der Waals surface area (Å²) in [5, 5.41) is 0. The summed E-state index contributed by atoms with van der Waals surface area (Å²) in [5.41, 5.74) is 1.40. The quantitative estimate of drug-likeness (QED) is 0.480.